The molecule has 1 fully saturated rings. The molecule has 0 N–H and O–H groups in total. The van der Waals surface area contributed by atoms with E-state index in [-0.39, 0.29) is 23.5 Å². The summed E-state index contributed by atoms with van der Waals surface area (Å²) in [6, 6.07) is 19.0. The van der Waals surface area contributed by atoms with Gasteiger partial charge in [-0.25, -0.2) is 8.42 Å². The molecule has 1 saturated heterocycles. The molecule has 0 saturated carbocycles. The van der Waals surface area contributed by atoms with Crippen molar-refractivity contribution < 1.29 is 22.7 Å². The zero-order chi connectivity index (χ0) is 23.4. The van der Waals surface area contributed by atoms with Gasteiger partial charge in [-0.2, -0.15) is 0 Å². The van der Waals surface area contributed by atoms with E-state index in [1.165, 1.54) is 6.08 Å². The van der Waals surface area contributed by atoms with Crippen molar-refractivity contribution in [2.45, 2.75) is 19.0 Å². The van der Waals surface area contributed by atoms with E-state index in [1.807, 2.05) is 48.5 Å². The van der Waals surface area contributed by atoms with Gasteiger partial charge in [-0.1, -0.05) is 48.5 Å². The molecule has 0 radical (unpaired) electrons. The van der Waals surface area contributed by atoms with Crippen LogP contribution in [-0.4, -0.2) is 51.0 Å². The number of methoxy groups -OCH3 is 2. The Morgan fingerprint density at radius 3 is 2.52 bits per heavy atom. The van der Waals surface area contributed by atoms with Gasteiger partial charge in [0.1, 0.15) is 0 Å². The van der Waals surface area contributed by atoms with Crippen LogP contribution >= 0.6 is 0 Å². The minimum atomic E-state index is -3.14. The topological polar surface area (TPSA) is 72.9 Å². The molecule has 33 heavy (non-hydrogen) atoms. The fraction of sp³-hybridized carbons (Fsp3) is 0.269. The predicted molar refractivity (Wildman–Crippen MR) is 130 cm³/mol. The van der Waals surface area contributed by atoms with E-state index in [1.54, 1.807) is 37.3 Å². The Bertz CT molecular complexity index is 1290. The SMILES string of the molecule is COc1ccc(/C=C/C(=O)N(Cc2cccc3ccccc23)C2CCS(=O)(=O)C2)cc1OC. The molecule has 172 valence electrons. The first-order valence-corrected chi connectivity index (χ1v) is 12.6. The van der Waals surface area contributed by atoms with Crippen molar-refractivity contribution in [1.29, 1.82) is 0 Å². The van der Waals surface area contributed by atoms with Gasteiger partial charge in [0.25, 0.3) is 0 Å². The molecule has 1 aliphatic rings. The summed E-state index contributed by atoms with van der Waals surface area (Å²) in [5.74, 6) is 1.06. The highest BCUT2D eigenvalue weighted by Gasteiger charge is 2.34. The fourth-order valence-corrected chi connectivity index (χ4v) is 5.97. The molecular weight excluding hydrogens is 438 g/mol. The number of fused-ring (bicyclic) bond motifs is 1. The number of benzene rings is 3. The van der Waals surface area contributed by atoms with Gasteiger partial charge >= 0.3 is 0 Å². The minimum Gasteiger partial charge on any atom is -0.493 e. The smallest absolute Gasteiger partial charge is 0.247 e. The van der Waals surface area contributed by atoms with E-state index in [0.717, 1.165) is 21.9 Å². The summed E-state index contributed by atoms with van der Waals surface area (Å²) in [5.41, 5.74) is 1.77. The van der Waals surface area contributed by atoms with Gasteiger partial charge < -0.3 is 14.4 Å². The number of carbonyl (C=O) groups excluding carboxylic acids is 1. The summed E-state index contributed by atoms with van der Waals surface area (Å²) in [6.45, 7) is 0.344. The molecule has 0 bridgehead atoms. The first kappa shape index (κ1) is 22.9. The summed E-state index contributed by atoms with van der Waals surface area (Å²) < 4.78 is 34.9. The maximum atomic E-state index is 13.3. The molecule has 4 rings (SSSR count). The molecule has 7 heteroatoms. The minimum absolute atomic E-state index is 0.00625. The van der Waals surface area contributed by atoms with E-state index in [4.69, 9.17) is 9.47 Å². The lowest BCUT2D eigenvalue weighted by molar-refractivity contribution is -0.128. The van der Waals surface area contributed by atoms with Gasteiger partial charge in [0.15, 0.2) is 21.3 Å². The summed E-state index contributed by atoms with van der Waals surface area (Å²) in [7, 11) is -0.0154. The van der Waals surface area contributed by atoms with Crippen molar-refractivity contribution in [3.8, 4) is 11.5 Å². The van der Waals surface area contributed by atoms with E-state index in [2.05, 4.69) is 0 Å². The Balaban J connectivity index is 1.63. The molecule has 6 nitrogen and oxygen atoms in total. The molecule has 1 heterocycles. The maximum absolute atomic E-state index is 13.3. The zero-order valence-corrected chi connectivity index (χ0v) is 19.5. The third kappa shape index (κ3) is 5.20. The average Bonchev–Trinajstić information content (AvgIpc) is 3.19. The first-order chi connectivity index (χ1) is 15.9. The third-order valence-corrected chi connectivity index (χ3v) is 7.73. The van der Waals surface area contributed by atoms with Crippen LogP contribution in [0, 0.1) is 0 Å². The zero-order valence-electron chi connectivity index (χ0n) is 18.7. The van der Waals surface area contributed by atoms with Crippen LogP contribution < -0.4 is 9.47 Å². The molecule has 3 aromatic carbocycles. The molecule has 0 spiro atoms. The standard InChI is InChI=1S/C26H27NO5S/c1-31-24-12-10-19(16-25(24)32-2)11-13-26(28)27(22-14-15-33(29,30)18-22)17-21-8-5-7-20-6-3-4-9-23(20)21/h3-13,16,22H,14-15,17-18H2,1-2H3/b13-11+. The second kappa shape index (κ2) is 9.67. The van der Waals surface area contributed by atoms with Gasteiger partial charge in [-0.15, -0.1) is 0 Å². The summed E-state index contributed by atoms with van der Waals surface area (Å²) in [4.78, 5) is 15.0. The van der Waals surface area contributed by atoms with Crippen LogP contribution in [0.15, 0.2) is 66.7 Å². The highest BCUT2D eigenvalue weighted by atomic mass is 32.2. The van der Waals surface area contributed by atoms with Crippen molar-refractivity contribution in [3.05, 3.63) is 77.9 Å². The van der Waals surface area contributed by atoms with Gasteiger partial charge in [-0.3, -0.25) is 4.79 Å². The number of sulfone groups is 1. The monoisotopic (exact) mass is 465 g/mol. The number of hydrogen-bond acceptors (Lipinski definition) is 5. The lowest BCUT2D eigenvalue weighted by Crippen LogP contribution is -2.39. The Morgan fingerprint density at radius 1 is 1.03 bits per heavy atom. The molecule has 0 aliphatic carbocycles. The Kier molecular flexibility index (Phi) is 6.70. The van der Waals surface area contributed by atoms with E-state index < -0.39 is 9.84 Å². The number of amides is 1. The number of ether oxygens (including phenoxy) is 2. The van der Waals surface area contributed by atoms with Gasteiger partial charge in [0, 0.05) is 18.7 Å². The lowest BCUT2D eigenvalue weighted by Gasteiger charge is -2.28. The summed E-state index contributed by atoms with van der Waals surface area (Å²) in [6.07, 6.45) is 3.66. The van der Waals surface area contributed by atoms with Crippen molar-refractivity contribution in [1.82, 2.24) is 4.90 Å². The number of rotatable bonds is 7. The summed E-state index contributed by atoms with van der Waals surface area (Å²) in [5, 5.41) is 2.14. The second-order valence-electron chi connectivity index (χ2n) is 8.11. The maximum Gasteiger partial charge on any atom is 0.247 e. The van der Waals surface area contributed by atoms with Crippen molar-refractivity contribution in [2.75, 3.05) is 25.7 Å². The molecule has 0 aromatic heterocycles. The van der Waals surface area contributed by atoms with Gasteiger partial charge in [0.2, 0.25) is 5.91 Å². The Hall–Kier alpha value is -3.32. The highest BCUT2D eigenvalue weighted by Crippen LogP contribution is 2.28. The molecule has 1 unspecified atom stereocenters. The van der Waals surface area contributed by atoms with Gasteiger partial charge in [0.05, 0.1) is 25.7 Å². The number of nitrogens with zero attached hydrogens (tertiary/aromatic N) is 1. The van der Waals surface area contributed by atoms with Crippen molar-refractivity contribution >= 4 is 32.6 Å². The van der Waals surface area contributed by atoms with E-state index in [0.29, 0.717) is 24.5 Å². The molecule has 1 atom stereocenters. The van der Waals surface area contributed by atoms with Crippen molar-refractivity contribution in [2.24, 2.45) is 0 Å². The third-order valence-electron chi connectivity index (χ3n) is 5.98. The Labute approximate surface area is 194 Å². The molecule has 3 aromatic rings. The molecular formula is C26H27NO5S. The van der Waals surface area contributed by atoms with E-state index >= 15 is 0 Å². The Morgan fingerprint density at radius 2 is 1.79 bits per heavy atom. The highest BCUT2D eigenvalue weighted by molar-refractivity contribution is 7.91. The van der Waals surface area contributed by atoms with Crippen LogP contribution in [0.4, 0.5) is 0 Å². The normalized spacial score (nSPS) is 17.3. The van der Waals surface area contributed by atoms with Crippen LogP contribution in [0.1, 0.15) is 17.5 Å². The van der Waals surface area contributed by atoms with Crippen LogP contribution in [-0.2, 0) is 21.2 Å². The number of hydrogen-bond donors (Lipinski definition) is 0. The van der Waals surface area contributed by atoms with E-state index in [9.17, 15) is 13.2 Å². The second-order valence-corrected chi connectivity index (χ2v) is 10.3. The molecule has 1 amide bonds. The van der Waals surface area contributed by atoms with Crippen LogP contribution in [0.5, 0.6) is 11.5 Å². The summed E-state index contributed by atoms with van der Waals surface area (Å²) >= 11 is 0. The lowest BCUT2D eigenvalue weighted by atomic mass is 10.0. The van der Waals surface area contributed by atoms with Gasteiger partial charge in [-0.05, 0) is 46.5 Å². The number of carbonyl (C=O) groups is 1. The first-order valence-electron chi connectivity index (χ1n) is 10.8. The average molecular weight is 466 g/mol. The predicted octanol–water partition coefficient (Wildman–Crippen LogP) is 4.09. The fourth-order valence-electron chi connectivity index (χ4n) is 4.24. The van der Waals surface area contributed by atoms with Crippen molar-refractivity contribution in [3.63, 3.8) is 0 Å². The molecule has 1 aliphatic heterocycles. The van der Waals surface area contributed by atoms with Crippen LogP contribution in [0.25, 0.3) is 16.8 Å². The van der Waals surface area contributed by atoms with Crippen LogP contribution in [0.2, 0.25) is 0 Å². The quantitative estimate of drug-likeness (QED) is 0.492. The largest absolute Gasteiger partial charge is 0.493 e. The van der Waals surface area contributed by atoms with Crippen LogP contribution in [0.3, 0.4) is 0 Å².